The van der Waals surface area contributed by atoms with Gasteiger partial charge in [-0.25, -0.2) is 0 Å². The summed E-state index contributed by atoms with van der Waals surface area (Å²) in [7, 11) is 0. The molecule has 1 saturated heterocycles. The van der Waals surface area contributed by atoms with Crippen LogP contribution < -0.4 is 10.6 Å². The Bertz CT molecular complexity index is 300. The van der Waals surface area contributed by atoms with Gasteiger partial charge in [0.1, 0.15) is 0 Å². The molecule has 0 aromatic rings. The second-order valence-electron chi connectivity index (χ2n) is 6.05. The van der Waals surface area contributed by atoms with Gasteiger partial charge in [0.2, 0.25) is 0 Å². The molecule has 2 aliphatic rings. The number of aliphatic imine (C=N–C) groups is 1. The van der Waals surface area contributed by atoms with E-state index >= 15 is 0 Å². The topological polar surface area (TPSA) is 39.7 Å². The maximum Gasteiger partial charge on any atom is 0.191 e. The Morgan fingerprint density at radius 3 is 2.35 bits per heavy atom. The van der Waals surface area contributed by atoms with E-state index in [1.54, 1.807) is 0 Å². The minimum atomic E-state index is 0. The predicted octanol–water partition coefficient (Wildman–Crippen LogP) is 2.44. The molecule has 0 aromatic heterocycles. The predicted molar refractivity (Wildman–Crippen MR) is 97.0 cm³/mol. The number of guanidine groups is 1. The number of rotatable bonds is 5. The van der Waals surface area contributed by atoms with E-state index < -0.39 is 0 Å². The Kier molecular flexibility index (Phi) is 8.17. The van der Waals surface area contributed by atoms with Crippen LogP contribution in [0.4, 0.5) is 0 Å². The highest BCUT2D eigenvalue weighted by Gasteiger charge is 2.33. The van der Waals surface area contributed by atoms with Gasteiger partial charge in [-0.15, -0.1) is 24.0 Å². The molecule has 0 spiro atoms. The minimum Gasteiger partial charge on any atom is -0.354 e. The quantitative estimate of drug-likeness (QED) is 0.428. The van der Waals surface area contributed by atoms with E-state index in [4.69, 9.17) is 0 Å². The first-order valence-corrected chi connectivity index (χ1v) is 8.02. The normalized spacial score (nSPS) is 27.9. The lowest BCUT2D eigenvalue weighted by Gasteiger charge is -2.32. The Hall–Kier alpha value is -0.0400. The number of hydrogen-bond donors (Lipinski definition) is 2. The molecule has 2 atom stereocenters. The van der Waals surface area contributed by atoms with Crippen molar-refractivity contribution in [1.29, 1.82) is 0 Å². The van der Waals surface area contributed by atoms with Crippen LogP contribution in [-0.4, -0.2) is 49.1 Å². The van der Waals surface area contributed by atoms with Crippen molar-refractivity contribution in [2.24, 2.45) is 10.9 Å². The molecule has 1 heterocycles. The van der Waals surface area contributed by atoms with Crippen molar-refractivity contribution in [1.82, 2.24) is 15.5 Å². The van der Waals surface area contributed by atoms with Gasteiger partial charge in [0.05, 0.1) is 0 Å². The van der Waals surface area contributed by atoms with E-state index in [1.165, 1.54) is 45.3 Å². The third-order valence-electron chi connectivity index (χ3n) is 4.22. The highest BCUT2D eigenvalue weighted by molar-refractivity contribution is 14.0. The number of nitrogens with zero attached hydrogens (tertiary/aromatic N) is 2. The number of nitrogens with one attached hydrogen (secondary N) is 2. The Morgan fingerprint density at radius 1 is 1.20 bits per heavy atom. The summed E-state index contributed by atoms with van der Waals surface area (Å²) >= 11 is 0. The van der Waals surface area contributed by atoms with Gasteiger partial charge in [0.25, 0.3) is 0 Å². The maximum absolute atomic E-state index is 4.57. The smallest absolute Gasteiger partial charge is 0.191 e. The number of likely N-dealkylation sites (tertiary alicyclic amines) is 1. The van der Waals surface area contributed by atoms with Crippen molar-refractivity contribution >= 4 is 29.9 Å². The van der Waals surface area contributed by atoms with Gasteiger partial charge in [-0.1, -0.05) is 13.8 Å². The van der Waals surface area contributed by atoms with Crippen molar-refractivity contribution in [3.8, 4) is 0 Å². The van der Waals surface area contributed by atoms with Gasteiger partial charge in [-0.2, -0.15) is 0 Å². The summed E-state index contributed by atoms with van der Waals surface area (Å²) in [6.45, 7) is 11.2. The molecule has 2 rings (SSSR count). The monoisotopic (exact) mass is 394 g/mol. The van der Waals surface area contributed by atoms with Crippen LogP contribution in [-0.2, 0) is 0 Å². The molecule has 0 amide bonds. The molecule has 1 aliphatic heterocycles. The Morgan fingerprint density at radius 2 is 1.85 bits per heavy atom. The fraction of sp³-hybridized carbons (Fsp3) is 0.933. The molecule has 2 N–H and O–H groups in total. The molecule has 118 valence electrons. The average Bonchev–Trinajstić information content (AvgIpc) is 3.08. The SMILES string of the molecule is CCCN1CCC(NC(=NCC)NC2CC2C)CC1.I. The molecule has 5 heteroatoms. The summed E-state index contributed by atoms with van der Waals surface area (Å²) in [5.41, 5.74) is 0. The summed E-state index contributed by atoms with van der Waals surface area (Å²) in [5, 5.41) is 7.17. The summed E-state index contributed by atoms with van der Waals surface area (Å²) in [6.07, 6.45) is 5.04. The second-order valence-corrected chi connectivity index (χ2v) is 6.05. The van der Waals surface area contributed by atoms with Crippen molar-refractivity contribution < 1.29 is 0 Å². The van der Waals surface area contributed by atoms with Crippen LogP contribution in [0.1, 0.15) is 46.5 Å². The second kappa shape index (κ2) is 9.07. The van der Waals surface area contributed by atoms with E-state index in [2.05, 4.69) is 41.3 Å². The molecular weight excluding hydrogens is 363 g/mol. The molecule has 20 heavy (non-hydrogen) atoms. The van der Waals surface area contributed by atoms with Gasteiger partial charge in [-0.05, 0) is 45.1 Å². The van der Waals surface area contributed by atoms with E-state index in [-0.39, 0.29) is 24.0 Å². The summed E-state index contributed by atoms with van der Waals surface area (Å²) in [6, 6.07) is 1.25. The fourth-order valence-electron chi connectivity index (χ4n) is 2.80. The van der Waals surface area contributed by atoms with E-state index in [0.717, 1.165) is 18.4 Å². The standard InChI is InChI=1S/C15H30N4.HI/c1-4-8-19-9-6-13(7-10-19)17-15(16-5-2)18-14-11-12(14)3;/h12-14H,4-11H2,1-3H3,(H2,16,17,18);1H. The van der Waals surface area contributed by atoms with Crippen molar-refractivity contribution in [2.45, 2.75) is 58.5 Å². The Balaban J connectivity index is 0.00000200. The fourth-order valence-corrected chi connectivity index (χ4v) is 2.80. The van der Waals surface area contributed by atoms with Crippen LogP contribution in [0.25, 0.3) is 0 Å². The van der Waals surface area contributed by atoms with Crippen LogP contribution >= 0.6 is 24.0 Å². The van der Waals surface area contributed by atoms with E-state index in [0.29, 0.717) is 12.1 Å². The van der Waals surface area contributed by atoms with Crippen LogP contribution in [0.3, 0.4) is 0 Å². The van der Waals surface area contributed by atoms with Gasteiger partial charge in [0.15, 0.2) is 5.96 Å². The van der Waals surface area contributed by atoms with Gasteiger partial charge >= 0.3 is 0 Å². The molecule has 1 aliphatic carbocycles. The van der Waals surface area contributed by atoms with Gasteiger partial charge in [0, 0.05) is 31.7 Å². The maximum atomic E-state index is 4.57. The average molecular weight is 394 g/mol. The summed E-state index contributed by atoms with van der Waals surface area (Å²) in [5.74, 6) is 1.85. The molecule has 4 nitrogen and oxygen atoms in total. The van der Waals surface area contributed by atoms with Crippen LogP contribution in [0, 0.1) is 5.92 Å². The van der Waals surface area contributed by atoms with Crippen LogP contribution in [0.5, 0.6) is 0 Å². The molecule has 0 aromatic carbocycles. The molecule has 2 unspecified atom stereocenters. The van der Waals surface area contributed by atoms with Crippen molar-refractivity contribution in [3.63, 3.8) is 0 Å². The van der Waals surface area contributed by atoms with Gasteiger partial charge in [-0.3, -0.25) is 4.99 Å². The zero-order valence-corrected chi connectivity index (χ0v) is 15.5. The third-order valence-corrected chi connectivity index (χ3v) is 4.22. The molecule has 2 fully saturated rings. The lowest BCUT2D eigenvalue weighted by atomic mass is 10.1. The molecule has 1 saturated carbocycles. The summed E-state index contributed by atoms with van der Waals surface area (Å²) in [4.78, 5) is 7.14. The first-order valence-electron chi connectivity index (χ1n) is 8.02. The third kappa shape index (κ3) is 5.76. The number of piperidine rings is 1. The zero-order valence-electron chi connectivity index (χ0n) is 13.2. The lowest BCUT2D eigenvalue weighted by Crippen LogP contribution is -2.49. The Labute approximate surface area is 141 Å². The van der Waals surface area contributed by atoms with Crippen LogP contribution in [0.15, 0.2) is 4.99 Å². The molecule has 0 bridgehead atoms. The van der Waals surface area contributed by atoms with E-state index in [9.17, 15) is 0 Å². The number of halogens is 1. The highest BCUT2D eigenvalue weighted by Crippen LogP contribution is 2.28. The molecule has 0 radical (unpaired) electrons. The van der Waals surface area contributed by atoms with Crippen molar-refractivity contribution in [3.05, 3.63) is 0 Å². The first-order chi connectivity index (χ1) is 9.22. The molecular formula is C15H31IN4. The highest BCUT2D eigenvalue weighted by atomic mass is 127. The lowest BCUT2D eigenvalue weighted by molar-refractivity contribution is 0.206. The minimum absolute atomic E-state index is 0. The number of hydrogen-bond acceptors (Lipinski definition) is 2. The van der Waals surface area contributed by atoms with Crippen molar-refractivity contribution in [2.75, 3.05) is 26.2 Å². The van der Waals surface area contributed by atoms with Gasteiger partial charge < -0.3 is 15.5 Å². The first kappa shape index (κ1) is 18.0. The zero-order chi connectivity index (χ0) is 13.7. The summed E-state index contributed by atoms with van der Waals surface area (Å²) < 4.78 is 0. The van der Waals surface area contributed by atoms with E-state index in [1.807, 2.05) is 0 Å². The largest absolute Gasteiger partial charge is 0.354 e. The van der Waals surface area contributed by atoms with Crippen LogP contribution in [0.2, 0.25) is 0 Å².